The largest absolute Gasteiger partial charge is 0.375 e. The molecule has 0 fully saturated rings. The summed E-state index contributed by atoms with van der Waals surface area (Å²) in [6.45, 7) is 5.18. The zero-order chi connectivity index (χ0) is 14.4. The van der Waals surface area contributed by atoms with Crippen LogP contribution in [0, 0.1) is 5.92 Å². The van der Waals surface area contributed by atoms with Gasteiger partial charge in [0, 0.05) is 18.0 Å². The van der Waals surface area contributed by atoms with Gasteiger partial charge >= 0.3 is 0 Å². The maximum atomic E-state index is 12.0. The van der Waals surface area contributed by atoms with Crippen LogP contribution in [-0.4, -0.2) is 42.5 Å². The van der Waals surface area contributed by atoms with Crippen molar-refractivity contribution in [2.24, 2.45) is 5.92 Å². The molecule has 0 saturated heterocycles. The molecule has 5 nitrogen and oxygen atoms in total. The number of amides is 1. The maximum Gasteiger partial charge on any atom is 0.226 e. The monoisotopic (exact) mass is 284 g/mol. The van der Waals surface area contributed by atoms with E-state index in [2.05, 4.69) is 29.0 Å². The van der Waals surface area contributed by atoms with Crippen LogP contribution in [0.1, 0.15) is 26.0 Å². The number of thiazole rings is 1. The number of anilines is 1. The molecular formula is C13H24N4OS. The molecular weight excluding hydrogens is 260 g/mol. The molecule has 0 aliphatic carbocycles. The Morgan fingerprint density at radius 1 is 1.53 bits per heavy atom. The first-order valence-electron chi connectivity index (χ1n) is 6.50. The number of carbonyl (C=O) groups is 1. The Bertz CT molecular complexity index is 393. The molecule has 1 aromatic heterocycles. The van der Waals surface area contributed by atoms with E-state index in [0.29, 0.717) is 17.5 Å². The summed E-state index contributed by atoms with van der Waals surface area (Å²) in [5.41, 5.74) is 6.30. The zero-order valence-corrected chi connectivity index (χ0v) is 13.0. The Labute approximate surface area is 119 Å². The number of nitrogen functional groups attached to an aromatic ring is 1. The van der Waals surface area contributed by atoms with E-state index in [-0.39, 0.29) is 11.9 Å². The lowest BCUT2D eigenvalue weighted by atomic mass is 10.0. The van der Waals surface area contributed by atoms with Crippen LogP contribution in [-0.2, 0) is 11.2 Å². The minimum Gasteiger partial charge on any atom is -0.375 e. The van der Waals surface area contributed by atoms with Crippen LogP contribution in [0.5, 0.6) is 0 Å². The van der Waals surface area contributed by atoms with Crippen molar-refractivity contribution in [3.63, 3.8) is 0 Å². The third-order valence-electron chi connectivity index (χ3n) is 2.62. The zero-order valence-electron chi connectivity index (χ0n) is 12.1. The number of carbonyl (C=O) groups excluding carboxylic acids is 1. The van der Waals surface area contributed by atoms with Crippen molar-refractivity contribution in [1.82, 2.24) is 15.2 Å². The molecule has 1 aromatic rings. The fourth-order valence-electron chi connectivity index (χ4n) is 2.04. The Balaban J connectivity index is 2.50. The highest BCUT2D eigenvalue weighted by Gasteiger charge is 2.15. The predicted molar refractivity (Wildman–Crippen MR) is 80.2 cm³/mol. The van der Waals surface area contributed by atoms with Gasteiger partial charge in [-0.3, -0.25) is 4.79 Å². The van der Waals surface area contributed by atoms with Crippen molar-refractivity contribution < 1.29 is 4.79 Å². The molecule has 0 radical (unpaired) electrons. The lowest BCUT2D eigenvalue weighted by molar-refractivity contribution is -0.121. The highest BCUT2D eigenvalue weighted by atomic mass is 32.1. The average molecular weight is 284 g/mol. The minimum atomic E-state index is 0.0119. The smallest absolute Gasteiger partial charge is 0.226 e. The van der Waals surface area contributed by atoms with Crippen LogP contribution >= 0.6 is 11.3 Å². The van der Waals surface area contributed by atoms with Gasteiger partial charge in [-0.25, -0.2) is 4.98 Å². The molecule has 1 rings (SSSR count). The van der Waals surface area contributed by atoms with E-state index < -0.39 is 0 Å². The van der Waals surface area contributed by atoms with Crippen LogP contribution in [0.25, 0.3) is 0 Å². The Hall–Kier alpha value is -1.14. The average Bonchev–Trinajstić information content (AvgIpc) is 2.61. The molecule has 0 aromatic carbocycles. The molecule has 0 saturated carbocycles. The van der Waals surface area contributed by atoms with Gasteiger partial charge in [0.2, 0.25) is 5.91 Å². The molecule has 1 amide bonds. The fourth-order valence-corrected chi connectivity index (χ4v) is 2.60. The van der Waals surface area contributed by atoms with Gasteiger partial charge in [0.15, 0.2) is 5.13 Å². The number of nitrogens with one attached hydrogen (secondary N) is 1. The second-order valence-corrected chi connectivity index (χ2v) is 6.40. The number of rotatable bonds is 7. The van der Waals surface area contributed by atoms with Gasteiger partial charge < -0.3 is 16.0 Å². The Kier molecular flexibility index (Phi) is 6.24. The molecule has 0 bridgehead atoms. The van der Waals surface area contributed by atoms with Gasteiger partial charge in [0.05, 0.1) is 12.1 Å². The fraction of sp³-hybridized carbons (Fsp3) is 0.692. The van der Waals surface area contributed by atoms with Gasteiger partial charge in [-0.05, 0) is 26.4 Å². The number of hydrogen-bond donors (Lipinski definition) is 2. The molecule has 1 atom stereocenters. The minimum absolute atomic E-state index is 0.0119. The van der Waals surface area contributed by atoms with Crippen LogP contribution in [0.2, 0.25) is 0 Å². The summed E-state index contributed by atoms with van der Waals surface area (Å²) in [5, 5.41) is 5.42. The molecule has 1 heterocycles. The topological polar surface area (TPSA) is 71.2 Å². The Morgan fingerprint density at radius 3 is 2.68 bits per heavy atom. The van der Waals surface area contributed by atoms with Crippen LogP contribution in [0.4, 0.5) is 5.13 Å². The van der Waals surface area contributed by atoms with Crippen molar-refractivity contribution in [3.8, 4) is 0 Å². The van der Waals surface area contributed by atoms with Crippen molar-refractivity contribution in [3.05, 3.63) is 11.1 Å². The quantitative estimate of drug-likeness (QED) is 0.793. The Morgan fingerprint density at radius 2 is 2.21 bits per heavy atom. The third kappa shape index (κ3) is 6.54. The van der Waals surface area contributed by atoms with E-state index in [0.717, 1.165) is 18.7 Å². The highest BCUT2D eigenvalue weighted by Crippen LogP contribution is 2.12. The second-order valence-electron chi connectivity index (χ2n) is 5.51. The van der Waals surface area contributed by atoms with Crippen molar-refractivity contribution in [2.75, 3.05) is 26.4 Å². The molecule has 3 N–H and O–H groups in total. The van der Waals surface area contributed by atoms with E-state index in [1.165, 1.54) is 11.3 Å². The van der Waals surface area contributed by atoms with Gasteiger partial charge in [-0.15, -0.1) is 11.3 Å². The molecule has 0 aliphatic heterocycles. The summed E-state index contributed by atoms with van der Waals surface area (Å²) in [4.78, 5) is 18.2. The summed E-state index contributed by atoms with van der Waals surface area (Å²) >= 11 is 1.37. The van der Waals surface area contributed by atoms with Gasteiger partial charge in [0.25, 0.3) is 0 Å². The molecule has 108 valence electrons. The third-order valence-corrected chi connectivity index (χ3v) is 3.34. The molecule has 0 spiro atoms. The lowest BCUT2D eigenvalue weighted by Gasteiger charge is -2.23. The number of nitrogens with zero attached hydrogens (tertiary/aromatic N) is 2. The van der Waals surface area contributed by atoms with Crippen LogP contribution < -0.4 is 11.1 Å². The normalized spacial score (nSPS) is 12.9. The van der Waals surface area contributed by atoms with E-state index in [4.69, 9.17) is 5.73 Å². The molecule has 6 heteroatoms. The SMILES string of the molecule is CC(C)CC(CN(C)C)NC(=O)Cc1csc(N)n1. The van der Waals surface area contributed by atoms with Gasteiger partial charge in [-0.2, -0.15) is 0 Å². The van der Waals surface area contributed by atoms with Crippen molar-refractivity contribution >= 4 is 22.4 Å². The van der Waals surface area contributed by atoms with Crippen molar-refractivity contribution in [2.45, 2.75) is 32.7 Å². The summed E-state index contributed by atoms with van der Waals surface area (Å²) < 4.78 is 0. The van der Waals surface area contributed by atoms with E-state index in [1.807, 2.05) is 19.5 Å². The maximum absolute atomic E-state index is 12.0. The van der Waals surface area contributed by atoms with Gasteiger partial charge in [0.1, 0.15) is 0 Å². The lowest BCUT2D eigenvalue weighted by Crippen LogP contribution is -2.43. The first kappa shape index (κ1) is 15.9. The first-order valence-corrected chi connectivity index (χ1v) is 7.38. The molecule has 19 heavy (non-hydrogen) atoms. The number of hydrogen-bond acceptors (Lipinski definition) is 5. The highest BCUT2D eigenvalue weighted by molar-refractivity contribution is 7.13. The number of nitrogens with two attached hydrogens (primary N) is 1. The van der Waals surface area contributed by atoms with Crippen molar-refractivity contribution in [1.29, 1.82) is 0 Å². The van der Waals surface area contributed by atoms with Crippen LogP contribution in [0.15, 0.2) is 5.38 Å². The number of aromatic nitrogens is 1. The second kappa shape index (κ2) is 7.45. The van der Waals surface area contributed by atoms with E-state index in [9.17, 15) is 4.79 Å². The first-order chi connectivity index (χ1) is 8.86. The summed E-state index contributed by atoms with van der Waals surface area (Å²) in [5.74, 6) is 0.568. The molecule has 0 aliphatic rings. The van der Waals surface area contributed by atoms with E-state index in [1.54, 1.807) is 0 Å². The standard InChI is InChI=1S/C13H24N4OS/c1-9(2)5-10(7-17(3)4)15-12(18)6-11-8-19-13(14)16-11/h8-10H,5-7H2,1-4H3,(H2,14,16)(H,15,18). The van der Waals surface area contributed by atoms with Gasteiger partial charge in [-0.1, -0.05) is 13.8 Å². The summed E-state index contributed by atoms with van der Waals surface area (Å²) in [6.07, 6.45) is 1.28. The van der Waals surface area contributed by atoms with Crippen LogP contribution in [0.3, 0.4) is 0 Å². The number of likely N-dealkylation sites (N-methyl/N-ethyl adjacent to an activating group) is 1. The predicted octanol–water partition coefficient (Wildman–Crippen LogP) is 1.36. The molecule has 1 unspecified atom stereocenters. The summed E-state index contributed by atoms with van der Waals surface area (Å²) in [7, 11) is 4.03. The van der Waals surface area contributed by atoms with E-state index >= 15 is 0 Å². The summed E-state index contributed by atoms with van der Waals surface area (Å²) in [6, 6.07) is 0.179.